The minimum absolute atomic E-state index is 0.00508. The van der Waals surface area contributed by atoms with Crippen LogP contribution in [-0.4, -0.2) is 39.4 Å². The third-order valence-electron chi connectivity index (χ3n) is 3.02. The fraction of sp³-hybridized carbons (Fsp3) is 0.643. The first kappa shape index (κ1) is 13.8. The van der Waals surface area contributed by atoms with Gasteiger partial charge in [-0.25, -0.2) is 9.97 Å². The number of amides is 1. The smallest absolute Gasteiger partial charge is 0.274 e. The van der Waals surface area contributed by atoms with Gasteiger partial charge >= 0.3 is 0 Å². The molecule has 5 heteroatoms. The zero-order valence-electron chi connectivity index (χ0n) is 11.9. The Bertz CT molecular complexity index is 430. The number of nitrogens with one attached hydrogen (secondary N) is 1. The monoisotopic (exact) mass is 262 g/mol. The van der Waals surface area contributed by atoms with E-state index in [4.69, 9.17) is 0 Å². The Labute approximate surface area is 114 Å². The number of piperidine rings is 1. The van der Waals surface area contributed by atoms with Gasteiger partial charge in [-0.1, -0.05) is 0 Å². The third-order valence-corrected chi connectivity index (χ3v) is 3.02. The summed E-state index contributed by atoms with van der Waals surface area (Å²) >= 11 is 0. The van der Waals surface area contributed by atoms with Gasteiger partial charge in [0.2, 0.25) is 0 Å². The van der Waals surface area contributed by atoms with E-state index in [1.54, 1.807) is 12.4 Å². The number of hydrogen-bond acceptors (Lipinski definition) is 4. The second kappa shape index (κ2) is 5.55. The highest BCUT2D eigenvalue weighted by Crippen LogP contribution is 2.14. The number of nitrogens with zero attached hydrogens (tertiary/aromatic N) is 3. The van der Waals surface area contributed by atoms with Crippen molar-refractivity contribution in [3.05, 3.63) is 18.1 Å². The highest BCUT2D eigenvalue weighted by atomic mass is 16.2. The molecule has 5 nitrogen and oxygen atoms in total. The number of rotatable bonds is 2. The van der Waals surface area contributed by atoms with Crippen molar-refractivity contribution < 1.29 is 4.79 Å². The first-order chi connectivity index (χ1) is 8.96. The minimum atomic E-state index is -0.0624. The summed E-state index contributed by atoms with van der Waals surface area (Å²) in [7, 11) is 0. The van der Waals surface area contributed by atoms with Crippen molar-refractivity contribution in [3.63, 3.8) is 0 Å². The number of aromatic nitrogens is 2. The number of carbonyl (C=O) groups excluding carboxylic acids is 1. The molecule has 0 saturated carbocycles. The molecule has 1 N–H and O–H groups in total. The number of hydrogen-bond donors (Lipinski definition) is 1. The molecule has 2 rings (SSSR count). The molecule has 1 aromatic heterocycles. The van der Waals surface area contributed by atoms with E-state index in [1.165, 1.54) is 6.42 Å². The molecule has 0 unspecified atom stereocenters. The Morgan fingerprint density at radius 2 is 1.84 bits per heavy atom. The van der Waals surface area contributed by atoms with Gasteiger partial charge in [0.25, 0.3) is 5.91 Å². The molecule has 0 aliphatic carbocycles. The van der Waals surface area contributed by atoms with Gasteiger partial charge in [0.1, 0.15) is 11.5 Å². The van der Waals surface area contributed by atoms with E-state index in [0.717, 1.165) is 25.9 Å². The quantitative estimate of drug-likeness (QED) is 0.888. The van der Waals surface area contributed by atoms with Crippen molar-refractivity contribution in [1.82, 2.24) is 14.9 Å². The van der Waals surface area contributed by atoms with Crippen molar-refractivity contribution in [2.75, 3.05) is 18.4 Å². The molecule has 0 spiro atoms. The van der Waals surface area contributed by atoms with Crippen LogP contribution in [0.5, 0.6) is 0 Å². The van der Waals surface area contributed by atoms with Crippen LogP contribution in [0.2, 0.25) is 0 Å². The summed E-state index contributed by atoms with van der Waals surface area (Å²) in [5.41, 5.74) is 0.369. The summed E-state index contributed by atoms with van der Waals surface area (Å²) in [5.74, 6) is 0.692. The largest absolute Gasteiger partial charge is 0.364 e. The Hall–Kier alpha value is -1.65. The molecule has 1 saturated heterocycles. The van der Waals surface area contributed by atoms with Crippen LogP contribution in [0.15, 0.2) is 12.4 Å². The van der Waals surface area contributed by atoms with E-state index in [9.17, 15) is 4.79 Å². The van der Waals surface area contributed by atoms with E-state index in [-0.39, 0.29) is 11.4 Å². The fourth-order valence-electron chi connectivity index (χ4n) is 2.15. The predicted molar refractivity (Wildman–Crippen MR) is 75.2 cm³/mol. The topological polar surface area (TPSA) is 58.1 Å². The molecular weight excluding hydrogens is 240 g/mol. The van der Waals surface area contributed by atoms with Gasteiger partial charge in [0.05, 0.1) is 12.4 Å². The standard InChI is InChI=1S/C14H22N4O/c1-14(2,3)17-12-10-15-11(9-16-12)13(19)18-7-5-4-6-8-18/h9-10H,4-8H2,1-3H3,(H,16,17). The van der Waals surface area contributed by atoms with Crippen LogP contribution in [0.4, 0.5) is 5.82 Å². The Morgan fingerprint density at radius 3 is 2.37 bits per heavy atom. The maximum Gasteiger partial charge on any atom is 0.274 e. The Kier molecular flexibility index (Phi) is 4.02. The number of likely N-dealkylation sites (tertiary alicyclic amines) is 1. The molecule has 0 atom stereocenters. The maximum atomic E-state index is 12.2. The second-order valence-electron chi connectivity index (χ2n) is 6.01. The highest BCUT2D eigenvalue weighted by Gasteiger charge is 2.19. The van der Waals surface area contributed by atoms with Crippen LogP contribution in [0.25, 0.3) is 0 Å². The Balaban J connectivity index is 2.03. The molecule has 0 radical (unpaired) electrons. The lowest BCUT2D eigenvalue weighted by Gasteiger charge is -2.26. The van der Waals surface area contributed by atoms with Crippen molar-refractivity contribution >= 4 is 11.7 Å². The van der Waals surface area contributed by atoms with Crippen LogP contribution in [-0.2, 0) is 0 Å². The van der Waals surface area contributed by atoms with Crippen molar-refractivity contribution in [2.45, 2.75) is 45.6 Å². The van der Waals surface area contributed by atoms with Gasteiger partial charge in [-0.3, -0.25) is 4.79 Å². The van der Waals surface area contributed by atoms with Crippen molar-refractivity contribution in [1.29, 1.82) is 0 Å². The van der Waals surface area contributed by atoms with Gasteiger partial charge in [-0.2, -0.15) is 0 Å². The number of anilines is 1. The van der Waals surface area contributed by atoms with Gasteiger partial charge in [-0.05, 0) is 40.0 Å². The zero-order chi connectivity index (χ0) is 13.9. The van der Waals surface area contributed by atoms with Gasteiger partial charge in [0, 0.05) is 18.6 Å². The normalized spacial score (nSPS) is 16.3. The molecule has 1 aliphatic rings. The van der Waals surface area contributed by atoms with Gasteiger partial charge in [-0.15, -0.1) is 0 Å². The Morgan fingerprint density at radius 1 is 1.16 bits per heavy atom. The third kappa shape index (κ3) is 3.91. The molecule has 1 aromatic rings. The molecule has 0 bridgehead atoms. The summed E-state index contributed by atoms with van der Waals surface area (Å²) in [4.78, 5) is 22.5. The van der Waals surface area contributed by atoms with Crippen LogP contribution in [0.1, 0.15) is 50.5 Å². The fourth-order valence-corrected chi connectivity index (χ4v) is 2.15. The SMILES string of the molecule is CC(C)(C)Nc1cnc(C(=O)N2CCCCC2)cn1. The van der Waals surface area contributed by atoms with Crippen molar-refractivity contribution in [3.8, 4) is 0 Å². The zero-order valence-corrected chi connectivity index (χ0v) is 11.9. The first-order valence-corrected chi connectivity index (χ1v) is 6.85. The lowest BCUT2D eigenvalue weighted by molar-refractivity contribution is 0.0718. The molecule has 1 fully saturated rings. The summed E-state index contributed by atoms with van der Waals surface area (Å²) in [6.07, 6.45) is 6.57. The molecule has 19 heavy (non-hydrogen) atoms. The van der Waals surface area contributed by atoms with E-state index in [1.807, 2.05) is 4.90 Å². The van der Waals surface area contributed by atoms with Crippen molar-refractivity contribution in [2.24, 2.45) is 0 Å². The van der Waals surface area contributed by atoms with Crippen LogP contribution in [0.3, 0.4) is 0 Å². The highest BCUT2D eigenvalue weighted by molar-refractivity contribution is 5.92. The van der Waals surface area contributed by atoms with Gasteiger partial charge in [0.15, 0.2) is 0 Å². The summed E-state index contributed by atoms with van der Waals surface area (Å²) in [6.45, 7) is 7.84. The average molecular weight is 262 g/mol. The molecule has 2 heterocycles. The summed E-state index contributed by atoms with van der Waals surface area (Å²) < 4.78 is 0. The number of carbonyl (C=O) groups is 1. The molecule has 1 aliphatic heterocycles. The lowest BCUT2D eigenvalue weighted by Crippen LogP contribution is -2.36. The van der Waals surface area contributed by atoms with E-state index in [0.29, 0.717) is 11.5 Å². The second-order valence-corrected chi connectivity index (χ2v) is 6.01. The van der Waals surface area contributed by atoms with E-state index < -0.39 is 0 Å². The molecule has 0 aromatic carbocycles. The van der Waals surface area contributed by atoms with E-state index in [2.05, 4.69) is 36.1 Å². The summed E-state index contributed by atoms with van der Waals surface area (Å²) in [5, 5.41) is 3.23. The predicted octanol–water partition coefficient (Wildman–Crippen LogP) is 2.31. The minimum Gasteiger partial charge on any atom is -0.364 e. The summed E-state index contributed by atoms with van der Waals surface area (Å²) in [6, 6.07) is 0. The first-order valence-electron chi connectivity index (χ1n) is 6.85. The van der Waals surface area contributed by atoms with Gasteiger partial charge < -0.3 is 10.2 Å². The van der Waals surface area contributed by atoms with Crippen LogP contribution in [0, 0.1) is 0 Å². The van der Waals surface area contributed by atoms with E-state index >= 15 is 0 Å². The molecular formula is C14H22N4O. The molecule has 104 valence electrons. The maximum absolute atomic E-state index is 12.2. The average Bonchev–Trinajstić information content (AvgIpc) is 2.38. The molecule has 1 amide bonds. The van der Waals surface area contributed by atoms with Crippen LogP contribution < -0.4 is 5.32 Å². The lowest BCUT2D eigenvalue weighted by atomic mass is 10.1. The van der Waals surface area contributed by atoms with Crippen LogP contribution >= 0.6 is 0 Å².